The van der Waals surface area contributed by atoms with Crippen LogP contribution in [0.1, 0.15) is 50.3 Å². The first-order valence-corrected chi connectivity index (χ1v) is 7.86. The lowest BCUT2D eigenvalue weighted by molar-refractivity contribution is -0.132. The van der Waals surface area contributed by atoms with E-state index in [2.05, 4.69) is 14.9 Å². The van der Waals surface area contributed by atoms with Gasteiger partial charge in [-0.3, -0.25) is 4.79 Å². The largest absolute Gasteiger partial charge is 0.343 e. The van der Waals surface area contributed by atoms with Crippen LogP contribution >= 0.6 is 0 Å². The van der Waals surface area contributed by atoms with Crippen molar-refractivity contribution in [2.24, 2.45) is 0 Å². The van der Waals surface area contributed by atoms with Crippen molar-refractivity contribution in [3.63, 3.8) is 0 Å². The molecular formula is C15H24N4O. The third-order valence-electron chi connectivity index (χ3n) is 4.44. The van der Waals surface area contributed by atoms with Gasteiger partial charge in [0.05, 0.1) is 12.0 Å². The molecule has 0 radical (unpaired) electrons. The molecule has 1 amide bonds. The van der Waals surface area contributed by atoms with E-state index in [1.165, 1.54) is 25.0 Å². The predicted octanol–water partition coefficient (Wildman–Crippen LogP) is 1.71. The number of hydrogen-bond donors (Lipinski definition) is 1. The molecule has 20 heavy (non-hydrogen) atoms. The van der Waals surface area contributed by atoms with Gasteiger partial charge in [-0.05, 0) is 38.6 Å². The third-order valence-corrected chi connectivity index (χ3v) is 4.44. The number of aryl methyl sites for hydroxylation is 1. The number of rotatable bonds is 4. The first-order valence-electron chi connectivity index (χ1n) is 7.86. The summed E-state index contributed by atoms with van der Waals surface area (Å²) in [5.41, 5.74) is 1.23. The van der Waals surface area contributed by atoms with Crippen molar-refractivity contribution in [3.05, 3.63) is 18.2 Å². The molecule has 1 aromatic heterocycles. The van der Waals surface area contributed by atoms with Crippen LogP contribution in [0, 0.1) is 0 Å². The zero-order valence-corrected chi connectivity index (χ0v) is 12.1. The molecule has 0 spiro atoms. The number of amides is 1. The molecule has 2 aliphatic rings. The Kier molecular flexibility index (Phi) is 4.35. The van der Waals surface area contributed by atoms with Gasteiger partial charge in [-0.2, -0.15) is 0 Å². The number of aromatic nitrogens is 2. The molecule has 1 atom stereocenters. The van der Waals surface area contributed by atoms with E-state index in [-0.39, 0.29) is 0 Å². The van der Waals surface area contributed by atoms with E-state index in [1.807, 2.05) is 17.4 Å². The molecule has 2 aliphatic heterocycles. The Hall–Kier alpha value is -1.36. The Balaban J connectivity index is 1.55. The average molecular weight is 276 g/mol. The number of hydrogen-bond acceptors (Lipinski definition) is 3. The van der Waals surface area contributed by atoms with Crippen LogP contribution in [0.25, 0.3) is 0 Å². The second kappa shape index (κ2) is 6.39. The van der Waals surface area contributed by atoms with Gasteiger partial charge in [-0.25, -0.2) is 4.98 Å². The second-order valence-corrected chi connectivity index (χ2v) is 5.85. The highest BCUT2D eigenvalue weighted by molar-refractivity contribution is 5.76. The Morgan fingerprint density at radius 3 is 2.90 bits per heavy atom. The lowest BCUT2D eigenvalue weighted by atomic mass is 10.1. The van der Waals surface area contributed by atoms with Gasteiger partial charge in [0.25, 0.3) is 0 Å². The predicted molar refractivity (Wildman–Crippen MR) is 77.3 cm³/mol. The van der Waals surface area contributed by atoms with Gasteiger partial charge in [-0.15, -0.1) is 0 Å². The van der Waals surface area contributed by atoms with Gasteiger partial charge in [0, 0.05) is 38.3 Å². The fourth-order valence-corrected chi connectivity index (χ4v) is 3.26. The van der Waals surface area contributed by atoms with Crippen molar-refractivity contribution in [2.75, 3.05) is 19.6 Å². The lowest BCUT2D eigenvalue weighted by Crippen LogP contribution is -2.36. The summed E-state index contributed by atoms with van der Waals surface area (Å²) >= 11 is 0. The molecule has 3 heterocycles. The minimum Gasteiger partial charge on any atom is -0.343 e. The number of nitrogens with zero attached hydrogens (tertiary/aromatic N) is 3. The number of imidazole rings is 1. The molecule has 3 rings (SSSR count). The van der Waals surface area contributed by atoms with Gasteiger partial charge in [-0.1, -0.05) is 0 Å². The molecule has 2 fully saturated rings. The molecule has 5 heteroatoms. The minimum absolute atomic E-state index is 0.295. The fraction of sp³-hybridized carbons (Fsp3) is 0.733. The topological polar surface area (TPSA) is 50.2 Å². The monoisotopic (exact) mass is 276 g/mol. The van der Waals surface area contributed by atoms with Crippen LogP contribution in [0.2, 0.25) is 0 Å². The summed E-state index contributed by atoms with van der Waals surface area (Å²) < 4.78 is 2.14. The van der Waals surface area contributed by atoms with Crippen molar-refractivity contribution in [2.45, 2.75) is 51.1 Å². The van der Waals surface area contributed by atoms with Crippen LogP contribution in [-0.2, 0) is 11.3 Å². The number of carbonyl (C=O) groups excluding carboxylic acids is 1. The minimum atomic E-state index is 0.295. The van der Waals surface area contributed by atoms with Crippen LogP contribution in [0.3, 0.4) is 0 Å². The highest BCUT2D eigenvalue weighted by Gasteiger charge is 2.21. The highest BCUT2D eigenvalue weighted by atomic mass is 16.2. The first-order chi connectivity index (χ1) is 9.84. The molecule has 0 saturated carbocycles. The number of nitrogens with one attached hydrogen (secondary N) is 1. The van der Waals surface area contributed by atoms with Crippen LogP contribution in [0.5, 0.6) is 0 Å². The molecule has 1 N–H and O–H groups in total. The van der Waals surface area contributed by atoms with Crippen LogP contribution in [-0.4, -0.2) is 40.0 Å². The van der Waals surface area contributed by atoms with E-state index in [4.69, 9.17) is 0 Å². The van der Waals surface area contributed by atoms with E-state index in [9.17, 15) is 4.79 Å². The van der Waals surface area contributed by atoms with Crippen LogP contribution in [0.4, 0.5) is 0 Å². The summed E-state index contributed by atoms with van der Waals surface area (Å²) in [6.07, 6.45) is 10.4. The van der Waals surface area contributed by atoms with Gasteiger partial charge in [0.2, 0.25) is 5.91 Å². The second-order valence-electron chi connectivity index (χ2n) is 5.85. The average Bonchev–Trinajstić information content (AvgIpc) is 3.16. The van der Waals surface area contributed by atoms with E-state index >= 15 is 0 Å². The van der Waals surface area contributed by atoms with Crippen molar-refractivity contribution >= 4 is 5.91 Å². The fourth-order valence-electron chi connectivity index (χ4n) is 3.26. The molecule has 0 aliphatic carbocycles. The summed E-state index contributed by atoms with van der Waals surface area (Å²) in [5, 5.41) is 3.49. The quantitative estimate of drug-likeness (QED) is 0.911. The highest BCUT2D eigenvalue weighted by Crippen LogP contribution is 2.22. The van der Waals surface area contributed by atoms with Gasteiger partial charge in [0.1, 0.15) is 0 Å². The van der Waals surface area contributed by atoms with Crippen molar-refractivity contribution < 1.29 is 4.79 Å². The van der Waals surface area contributed by atoms with Crippen molar-refractivity contribution in [1.82, 2.24) is 19.8 Å². The van der Waals surface area contributed by atoms with E-state index in [0.29, 0.717) is 18.4 Å². The molecule has 5 nitrogen and oxygen atoms in total. The first kappa shape index (κ1) is 13.6. The maximum Gasteiger partial charge on any atom is 0.224 e. The van der Waals surface area contributed by atoms with Gasteiger partial charge in [0.15, 0.2) is 0 Å². The summed E-state index contributed by atoms with van der Waals surface area (Å²) in [7, 11) is 0. The molecule has 0 bridgehead atoms. The van der Waals surface area contributed by atoms with Crippen LogP contribution in [0.15, 0.2) is 12.5 Å². The zero-order chi connectivity index (χ0) is 13.8. The SMILES string of the molecule is O=C(CCn1cncc1[C@@H]1CCCN1)N1CCCCC1. The molecule has 2 saturated heterocycles. The van der Waals surface area contributed by atoms with Crippen molar-refractivity contribution in [3.8, 4) is 0 Å². The van der Waals surface area contributed by atoms with E-state index in [0.717, 1.165) is 39.0 Å². The molecule has 0 unspecified atom stereocenters. The third kappa shape index (κ3) is 3.03. The number of likely N-dealkylation sites (tertiary alicyclic amines) is 1. The summed E-state index contributed by atoms with van der Waals surface area (Å²) in [6.45, 7) is 3.73. The zero-order valence-electron chi connectivity index (χ0n) is 12.1. The number of carbonyl (C=O) groups is 1. The Morgan fingerprint density at radius 1 is 1.30 bits per heavy atom. The molecule has 1 aromatic rings. The lowest BCUT2D eigenvalue weighted by Gasteiger charge is -2.27. The normalized spacial score (nSPS) is 23.2. The maximum atomic E-state index is 12.2. The summed E-state index contributed by atoms with van der Waals surface area (Å²) in [4.78, 5) is 18.5. The Labute approximate surface area is 120 Å². The molecule has 0 aromatic carbocycles. The van der Waals surface area contributed by atoms with E-state index in [1.54, 1.807) is 0 Å². The number of piperidine rings is 1. The standard InChI is InChI=1S/C15H24N4O/c20-15(18-8-2-1-3-9-18)6-10-19-12-16-11-14(19)13-5-4-7-17-13/h11-13,17H,1-10H2/t13-/m0/s1. The Bertz CT molecular complexity index is 444. The van der Waals surface area contributed by atoms with Gasteiger partial charge < -0.3 is 14.8 Å². The molecule has 110 valence electrons. The summed E-state index contributed by atoms with van der Waals surface area (Å²) in [5.74, 6) is 0.295. The Morgan fingerprint density at radius 2 is 2.15 bits per heavy atom. The maximum absolute atomic E-state index is 12.2. The van der Waals surface area contributed by atoms with Crippen molar-refractivity contribution in [1.29, 1.82) is 0 Å². The molecular weight excluding hydrogens is 252 g/mol. The van der Waals surface area contributed by atoms with Crippen LogP contribution < -0.4 is 5.32 Å². The van der Waals surface area contributed by atoms with E-state index < -0.39 is 0 Å². The van der Waals surface area contributed by atoms with Gasteiger partial charge >= 0.3 is 0 Å². The summed E-state index contributed by atoms with van der Waals surface area (Å²) in [6, 6.07) is 0.419. The smallest absolute Gasteiger partial charge is 0.224 e.